The van der Waals surface area contributed by atoms with Gasteiger partial charge in [0.25, 0.3) is 0 Å². The molecule has 0 atom stereocenters. The smallest absolute Gasteiger partial charge is 0.341 e. The van der Waals surface area contributed by atoms with Crippen LogP contribution in [0.1, 0.15) is 37.4 Å². The monoisotopic (exact) mass is 492 g/mol. The van der Waals surface area contributed by atoms with Crippen molar-refractivity contribution in [3.05, 3.63) is 76.5 Å². The molecule has 0 fully saturated rings. The first-order chi connectivity index (χ1) is 16.8. The molecule has 3 aromatic rings. The third-order valence-corrected chi connectivity index (χ3v) is 6.28. The number of aromatic nitrogens is 1. The van der Waals surface area contributed by atoms with E-state index in [9.17, 15) is 14.4 Å². The molecule has 0 unspecified atom stereocenters. The molecular weight excluding hydrogens is 468 g/mol. The number of anilines is 1. The number of carbonyl (C=O) groups excluding carboxylic acids is 3. The van der Waals surface area contributed by atoms with Crippen LogP contribution < -0.4 is 14.8 Å². The number of amides is 1. The lowest BCUT2D eigenvalue weighted by Gasteiger charge is -2.12. The summed E-state index contributed by atoms with van der Waals surface area (Å²) in [6.07, 6.45) is 1.53. The van der Waals surface area contributed by atoms with E-state index in [0.29, 0.717) is 27.8 Å². The number of benzene rings is 2. The Kier molecular flexibility index (Phi) is 7.36. The van der Waals surface area contributed by atoms with Crippen LogP contribution in [0.5, 0.6) is 11.5 Å². The second-order valence-corrected chi connectivity index (χ2v) is 9.00. The molecule has 9 heteroatoms. The van der Waals surface area contributed by atoms with E-state index < -0.39 is 5.97 Å². The van der Waals surface area contributed by atoms with E-state index in [1.54, 1.807) is 30.3 Å². The number of hydrogen-bond donors (Lipinski definition) is 1. The highest BCUT2D eigenvalue weighted by atomic mass is 32.2. The average Bonchev–Trinajstić information content (AvgIpc) is 3.28. The first-order valence-electron chi connectivity index (χ1n) is 10.9. The van der Waals surface area contributed by atoms with Crippen molar-refractivity contribution < 1.29 is 28.6 Å². The standard InChI is InChI=1S/C26H24N2O6S/c1-15-9-16(2)24(17(3)10-15)20(29)12-32-26(31)19-5-4-8-27-25(19)35-13-23(30)28-18-6-7-21-22(11-18)34-14-33-21/h4-11H,12-14H2,1-3H3,(H,28,30). The molecule has 0 saturated heterocycles. The Hall–Kier alpha value is -3.85. The first kappa shape index (κ1) is 24.3. The molecule has 1 aliphatic heterocycles. The zero-order chi connectivity index (χ0) is 24.9. The summed E-state index contributed by atoms with van der Waals surface area (Å²) in [5.74, 6) is -0.00992. The Morgan fingerprint density at radius 1 is 1.03 bits per heavy atom. The van der Waals surface area contributed by atoms with Crippen LogP contribution in [0, 0.1) is 20.8 Å². The highest BCUT2D eigenvalue weighted by Crippen LogP contribution is 2.34. The number of carbonyl (C=O) groups is 3. The topological polar surface area (TPSA) is 104 Å². The largest absolute Gasteiger partial charge is 0.454 e. The highest BCUT2D eigenvalue weighted by Gasteiger charge is 2.20. The summed E-state index contributed by atoms with van der Waals surface area (Å²) in [4.78, 5) is 42.1. The summed E-state index contributed by atoms with van der Waals surface area (Å²) in [5, 5.41) is 3.12. The summed E-state index contributed by atoms with van der Waals surface area (Å²) >= 11 is 1.10. The maximum absolute atomic E-state index is 12.7. The maximum Gasteiger partial charge on any atom is 0.341 e. The van der Waals surface area contributed by atoms with E-state index >= 15 is 0 Å². The van der Waals surface area contributed by atoms with E-state index in [-0.39, 0.29) is 36.4 Å². The number of thioether (sulfide) groups is 1. The van der Waals surface area contributed by atoms with Crippen LogP contribution in [0.15, 0.2) is 53.7 Å². The number of nitrogens with one attached hydrogen (secondary N) is 1. The number of pyridine rings is 1. The van der Waals surface area contributed by atoms with Crippen LogP contribution in [0.4, 0.5) is 5.69 Å². The molecule has 0 saturated carbocycles. The van der Waals surface area contributed by atoms with Crippen molar-refractivity contribution in [3.8, 4) is 11.5 Å². The Morgan fingerprint density at radius 3 is 2.54 bits per heavy atom. The zero-order valence-corrected chi connectivity index (χ0v) is 20.4. The van der Waals surface area contributed by atoms with Crippen molar-refractivity contribution in [2.75, 3.05) is 24.5 Å². The number of Topliss-reactive ketones (excluding diaryl/α,β-unsaturated/α-hetero) is 1. The van der Waals surface area contributed by atoms with Crippen molar-refractivity contribution in [3.63, 3.8) is 0 Å². The van der Waals surface area contributed by atoms with Crippen LogP contribution in [-0.4, -0.2) is 41.8 Å². The summed E-state index contributed by atoms with van der Waals surface area (Å²) < 4.78 is 15.9. The molecule has 1 aliphatic rings. The number of nitrogens with zero attached hydrogens (tertiary/aromatic N) is 1. The van der Waals surface area contributed by atoms with Gasteiger partial charge in [-0.1, -0.05) is 29.5 Å². The van der Waals surface area contributed by atoms with Crippen LogP contribution >= 0.6 is 11.8 Å². The van der Waals surface area contributed by atoms with E-state index in [0.717, 1.165) is 28.5 Å². The number of hydrogen-bond acceptors (Lipinski definition) is 8. The fourth-order valence-electron chi connectivity index (χ4n) is 3.87. The van der Waals surface area contributed by atoms with Gasteiger partial charge in [0.15, 0.2) is 18.1 Å². The van der Waals surface area contributed by atoms with Crippen molar-refractivity contribution in [1.29, 1.82) is 0 Å². The third kappa shape index (κ3) is 5.81. The molecule has 1 N–H and O–H groups in total. The van der Waals surface area contributed by atoms with Crippen LogP contribution in [0.3, 0.4) is 0 Å². The maximum atomic E-state index is 12.7. The molecule has 180 valence electrons. The lowest BCUT2D eigenvalue weighted by molar-refractivity contribution is -0.113. The first-order valence-corrected chi connectivity index (χ1v) is 11.9. The van der Waals surface area contributed by atoms with Gasteiger partial charge < -0.3 is 19.5 Å². The normalized spacial score (nSPS) is 11.7. The second kappa shape index (κ2) is 10.6. The number of aryl methyl sites for hydroxylation is 3. The number of ether oxygens (including phenoxy) is 3. The molecule has 1 aromatic heterocycles. The molecule has 1 amide bonds. The predicted octanol–water partition coefficient (Wildman–Crippen LogP) is 4.51. The van der Waals surface area contributed by atoms with Crippen LogP contribution in [-0.2, 0) is 9.53 Å². The second-order valence-electron chi connectivity index (χ2n) is 8.03. The Labute approximate surface area is 207 Å². The molecule has 2 heterocycles. The molecule has 35 heavy (non-hydrogen) atoms. The van der Waals surface area contributed by atoms with Crippen LogP contribution in [0.25, 0.3) is 0 Å². The summed E-state index contributed by atoms with van der Waals surface area (Å²) in [5.41, 5.74) is 4.07. The molecule has 2 aromatic carbocycles. The predicted molar refractivity (Wildman–Crippen MR) is 131 cm³/mol. The van der Waals surface area contributed by atoms with Gasteiger partial charge in [-0.05, 0) is 56.2 Å². The number of rotatable bonds is 8. The molecule has 8 nitrogen and oxygen atoms in total. The number of esters is 1. The van der Waals surface area contributed by atoms with Gasteiger partial charge in [-0.2, -0.15) is 0 Å². The molecule has 0 aliphatic carbocycles. The summed E-state index contributed by atoms with van der Waals surface area (Å²) in [6, 6.07) is 12.1. The third-order valence-electron chi connectivity index (χ3n) is 5.28. The molecule has 0 bridgehead atoms. The minimum Gasteiger partial charge on any atom is -0.454 e. The van der Waals surface area contributed by atoms with E-state index in [1.807, 2.05) is 32.9 Å². The van der Waals surface area contributed by atoms with Gasteiger partial charge in [-0.15, -0.1) is 0 Å². The van der Waals surface area contributed by atoms with Gasteiger partial charge >= 0.3 is 5.97 Å². The van der Waals surface area contributed by atoms with Crippen LogP contribution in [0.2, 0.25) is 0 Å². The number of ketones is 1. The molecule has 0 spiro atoms. The Morgan fingerprint density at radius 2 is 1.77 bits per heavy atom. The van der Waals surface area contributed by atoms with E-state index in [1.165, 1.54) is 6.20 Å². The summed E-state index contributed by atoms with van der Waals surface area (Å²) in [6.45, 7) is 5.45. The van der Waals surface area contributed by atoms with Gasteiger partial charge in [-0.3, -0.25) is 9.59 Å². The lowest BCUT2D eigenvalue weighted by Crippen LogP contribution is -2.18. The molecular formula is C26H24N2O6S. The highest BCUT2D eigenvalue weighted by molar-refractivity contribution is 8.00. The number of fused-ring (bicyclic) bond motifs is 1. The fourth-order valence-corrected chi connectivity index (χ4v) is 4.65. The van der Waals surface area contributed by atoms with Gasteiger partial charge in [0.2, 0.25) is 18.5 Å². The Bertz CT molecular complexity index is 1280. The SMILES string of the molecule is Cc1cc(C)c(C(=O)COC(=O)c2cccnc2SCC(=O)Nc2ccc3c(c2)OCO3)c(C)c1. The minimum atomic E-state index is -0.674. The van der Waals surface area contributed by atoms with Crippen molar-refractivity contribution in [2.24, 2.45) is 0 Å². The fraction of sp³-hybridized carbons (Fsp3) is 0.231. The summed E-state index contributed by atoms with van der Waals surface area (Å²) in [7, 11) is 0. The average molecular weight is 493 g/mol. The van der Waals surface area contributed by atoms with Gasteiger partial charge in [0.1, 0.15) is 5.03 Å². The van der Waals surface area contributed by atoms with Gasteiger partial charge in [0, 0.05) is 23.5 Å². The molecule has 4 rings (SSSR count). The van der Waals surface area contributed by atoms with Crippen molar-refractivity contribution in [2.45, 2.75) is 25.8 Å². The zero-order valence-electron chi connectivity index (χ0n) is 19.5. The molecule has 0 radical (unpaired) electrons. The van der Waals surface area contributed by atoms with E-state index in [4.69, 9.17) is 14.2 Å². The Balaban J connectivity index is 1.35. The van der Waals surface area contributed by atoms with E-state index in [2.05, 4.69) is 10.3 Å². The quantitative estimate of drug-likeness (QED) is 0.278. The van der Waals surface area contributed by atoms with Gasteiger partial charge in [-0.25, -0.2) is 9.78 Å². The minimum absolute atomic E-state index is 0.0203. The lowest BCUT2D eigenvalue weighted by atomic mass is 9.97. The van der Waals surface area contributed by atoms with Crippen molar-refractivity contribution in [1.82, 2.24) is 4.98 Å². The van der Waals surface area contributed by atoms with Crippen molar-refractivity contribution >= 4 is 35.1 Å². The van der Waals surface area contributed by atoms with Gasteiger partial charge in [0.05, 0.1) is 11.3 Å².